The lowest BCUT2D eigenvalue weighted by atomic mass is 9.99. The molecule has 1 heterocycles. The Morgan fingerprint density at radius 2 is 2.05 bits per heavy atom. The number of fused-ring (bicyclic) bond motifs is 1. The van der Waals surface area contributed by atoms with Gasteiger partial charge in [-0.1, -0.05) is 12.1 Å². The van der Waals surface area contributed by atoms with Crippen molar-refractivity contribution >= 4 is 23.3 Å². The van der Waals surface area contributed by atoms with E-state index in [0.29, 0.717) is 0 Å². The highest BCUT2D eigenvalue weighted by Gasteiger charge is 2.32. The molecule has 0 spiro atoms. The van der Waals surface area contributed by atoms with E-state index in [4.69, 9.17) is 0 Å². The number of benzene rings is 1. The van der Waals surface area contributed by atoms with Gasteiger partial charge in [-0.3, -0.25) is 14.4 Å². The fraction of sp³-hybridized carbons (Fsp3) is 0.308. The van der Waals surface area contributed by atoms with Crippen LogP contribution in [0.4, 0.5) is 5.69 Å². The second kappa shape index (κ2) is 5.40. The SMILES string of the molecule is CC(=O)NCC(O)C(O)c1cccc2c1NC(=O)C2=O. The first-order valence-electron chi connectivity index (χ1n) is 6.01. The third-order valence-electron chi connectivity index (χ3n) is 3.03. The van der Waals surface area contributed by atoms with Crippen molar-refractivity contribution in [2.75, 3.05) is 11.9 Å². The minimum atomic E-state index is -1.33. The lowest BCUT2D eigenvalue weighted by Gasteiger charge is -2.20. The normalized spacial score (nSPS) is 16.4. The predicted molar refractivity (Wildman–Crippen MR) is 69.1 cm³/mol. The van der Waals surface area contributed by atoms with Crippen LogP contribution >= 0.6 is 0 Å². The van der Waals surface area contributed by atoms with Gasteiger partial charge in [-0.05, 0) is 6.07 Å². The number of para-hydroxylation sites is 1. The molecular formula is C13H14N2O5. The maximum Gasteiger partial charge on any atom is 0.296 e. The van der Waals surface area contributed by atoms with Gasteiger partial charge in [-0.25, -0.2) is 0 Å². The standard InChI is InChI=1S/C13H14N2O5/c1-6(16)14-5-9(17)11(18)7-3-2-4-8-10(7)15-13(20)12(8)19/h2-4,9,11,17-18H,5H2,1H3,(H,14,16)(H,15,19,20). The van der Waals surface area contributed by atoms with Crippen LogP contribution in [0.1, 0.15) is 28.9 Å². The van der Waals surface area contributed by atoms with Crippen LogP contribution in [-0.2, 0) is 9.59 Å². The highest BCUT2D eigenvalue weighted by molar-refractivity contribution is 6.51. The summed E-state index contributed by atoms with van der Waals surface area (Å²) in [6.45, 7) is 1.15. The Balaban J connectivity index is 2.24. The molecule has 0 saturated heterocycles. The van der Waals surface area contributed by atoms with Crippen molar-refractivity contribution in [2.45, 2.75) is 19.1 Å². The highest BCUT2D eigenvalue weighted by Crippen LogP contribution is 2.32. The number of rotatable bonds is 4. The van der Waals surface area contributed by atoms with Gasteiger partial charge in [0.05, 0.1) is 11.3 Å². The van der Waals surface area contributed by atoms with Crippen LogP contribution in [-0.4, -0.2) is 40.5 Å². The molecule has 0 saturated carbocycles. The third kappa shape index (κ3) is 2.54. The summed E-state index contributed by atoms with van der Waals surface area (Å²) in [5, 5.41) is 24.6. The van der Waals surface area contributed by atoms with Gasteiger partial charge in [0.15, 0.2) is 0 Å². The largest absolute Gasteiger partial charge is 0.388 e. The van der Waals surface area contributed by atoms with Gasteiger partial charge in [0.1, 0.15) is 12.2 Å². The number of aliphatic hydroxyl groups excluding tert-OH is 2. The molecule has 2 rings (SSSR count). The van der Waals surface area contributed by atoms with Gasteiger partial charge in [0, 0.05) is 19.0 Å². The van der Waals surface area contributed by atoms with Gasteiger partial charge in [-0.2, -0.15) is 0 Å². The number of carbonyl (C=O) groups excluding carboxylic acids is 3. The van der Waals surface area contributed by atoms with E-state index in [1.54, 1.807) is 0 Å². The number of ketones is 1. The van der Waals surface area contributed by atoms with E-state index >= 15 is 0 Å². The van der Waals surface area contributed by atoms with E-state index in [2.05, 4.69) is 10.6 Å². The minimum Gasteiger partial charge on any atom is -0.388 e. The van der Waals surface area contributed by atoms with Crippen molar-refractivity contribution in [3.63, 3.8) is 0 Å². The monoisotopic (exact) mass is 278 g/mol. The van der Waals surface area contributed by atoms with Crippen LogP contribution in [0, 0.1) is 0 Å². The van der Waals surface area contributed by atoms with E-state index in [-0.39, 0.29) is 29.3 Å². The molecule has 1 aliphatic heterocycles. The smallest absolute Gasteiger partial charge is 0.296 e. The first-order chi connectivity index (χ1) is 9.41. The molecule has 1 aromatic carbocycles. The summed E-state index contributed by atoms with van der Waals surface area (Å²) in [5.74, 6) is -1.78. The van der Waals surface area contributed by atoms with Crippen molar-refractivity contribution in [1.29, 1.82) is 0 Å². The van der Waals surface area contributed by atoms with Gasteiger partial charge < -0.3 is 20.8 Å². The third-order valence-corrected chi connectivity index (χ3v) is 3.03. The topological polar surface area (TPSA) is 116 Å². The Bertz CT molecular complexity index is 584. The van der Waals surface area contributed by atoms with Gasteiger partial charge in [-0.15, -0.1) is 0 Å². The lowest BCUT2D eigenvalue weighted by molar-refractivity contribution is -0.119. The summed E-state index contributed by atoms with van der Waals surface area (Å²) in [7, 11) is 0. The molecule has 0 aliphatic carbocycles. The van der Waals surface area contributed by atoms with E-state index in [1.165, 1.54) is 25.1 Å². The van der Waals surface area contributed by atoms with Crippen LogP contribution in [0.2, 0.25) is 0 Å². The summed E-state index contributed by atoms with van der Waals surface area (Å²) in [5.41, 5.74) is 0.606. The average Bonchev–Trinajstić information content (AvgIpc) is 2.71. The first-order valence-corrected chi connectivity index (χ1v) is 6.01. The van der Waals surface area contributed by atoms with Crippen molar-refractivity contribution in [2.24, 2.45) is 0 Å². The number of hydrogen-bond donors (Lipinski definition) is 4. The average molecular weight is 278 g/mol. The quantitative estimate of drug-likeness (QED) is 0.546. The Hall–Kier alpha value is -2.25. The maximum absolute atomic E-state index is 11.5. The molecular weight excluding hydrogens is 264 g/mol. The van der Waals surface area contributed by atoms with Crippen molar-refractivity contribution in [3.8, 4) is 0 Å². The molecule has 2 amide bonds. The van der Waals surface area contributed by atoms with Crippen LogP contribution in [0.3, 0.4) is 0 Å². The fourth-order valence-electron chi connectivity index (χ4n) is 2.01. The molecule has 7 heteroatoms. The lowest BCUT2D eigenvalue weighted by Crippen LogP contribution is -2.34. The van der Waals surface area contributed by atoms with E-state index in [9.17, 15) is 24.6 Å². The van der Waals surface area contributed by atoms with Gasteiger partial charge >= 0.3 is 0 Å². The molecule has 4 N–H and O–H groups in total. The summed E-state index contributed by atoms with van der Waals surface area (Å²) in [6, 6.07) is 4.48. The zero-order chi connectivity index (χ0) is 14.9. The number of anilines is 1. The number of amides is 2. The Kier molecular flexibility index (Phi) is 3.82. The van der Waals surface area contributed by atoms with Crippen LogP contribution in [0.5, 0.6) is 0 Å². The summed E-state index contributed by atoms with van der Waals surface area (Å²) in [4.78, 5) is 33.6. The van der Waals surface area contributed by atoms with Crippen LogP contribution in [0.25, 0.3) is 0 Å². The fourth-order valence-corrected chi connectivity index (χ4v) is 2.01. The van der Waals surface area contributed by atoms with Crippen molar-refractivity contribution in [3.05, 3.63) is 29.3 Å². The molecule has 2 atom stereocenters. The summed E-state index contributed by atoms with van der Waals surface area (Å²) >= 11 is 0. The predicted octanol–water partition coefficient (Wildman–Crippen LogP) is -0.648. The Morgan fingerprint density at radius 1 is 1.35 bits per heavy atom. The number of aliphatic hydroxyl groups is 2. The molecule has 0 bridgehead atoms. The van der Waals surface area contributed by atoms with E-state index < -0.39 is 23.9 Å². The molecule has 0 aromatic heterocycles. The minimum absolute atomic E-state index is 0.137. The number of hydrogen-bond acceptors (Lipinski definition) is 5. The van der Waals surface area contributed by atoms with Gasteiger partial charge in [0.2, 0.25) is 5.91 Å². The zero-order valence-corrected chi connectivity index (χ0v) is 10.7. The molecule has 2 unspecified atom stereocenters. The van der Waals surface area contributed by atoms with Gasteiger partial charge in [0.25, 0.3) is 11.7 Å². The second-order valence-electron chi connectivity index (χ2n) is 4.50. The number of carbonyl (C=O) groups is 3. The van der Waals surface area contributed by atoms with Crippen LogP contribution < -0.4 is 10.6 Å². The van der Waals surface area contributed by atoms with Crippen molar-refractivity contribution in [1.82, 2.24) is 5.32 Å². The number of Topliss-reactive ketones (excluding diaryl/α,β-unsaturated/α-hetero) is 1. The van der Waals surface area contributed by atoms with E-state index in [1.807, 2.05) is 0 Å². The molecule has 0 radical (unpaired) electrons. The molecule has 7 nitrogen and oxygen atoms in total. The van der Waals surface area contributed by atoms with Crippen molar-refractivity contribution < 1.29 is 24.6 Å². The highest BCUT2D eigenvalue weighted by atomic mass is 16.3. The molecule has 20 heavy (non-hydrogen) atoms. The first kappa shape index (κ1) is 14.2. The number of nitrogens with one attached hydrogen (secondary N) is 2. The molecule has 106 valence electrons. The second-order valence-corrected chi connectivity index (χ2v) is 4.50. The molecule has 0 fully saturated rings. The molecule has 1 aromatic rings. The zero-order valence-electron chi connectivity index (χ0n) is 10.7. The maximum atomic E-state index is 11.5. The van der Waals surface area contributed by atoms with E-state index in [0.717, 1.165) is 0 Å². The van der Waals surface area contributed by atoms with Crippen LogP contribution in [0.15, 0.2) is 18.2 Å². The molecule has 1 aliphatic rings. The summed E-state index contributed by atoms with van der Waals surface area (Å²) in [6.07, 6.45) is -2.58. The summed E-state index contributed by atoms with van der Waals surface area (Å²) < 4.78 is 0. The Labute approximate surface area is 114 Å². The Morgan fingerprint density at radius 3 is 2.70 bits per heavy atom.